The molecule has 0 radical (unpaired) electrons. The van der Waals surface area contributed by atoms with Crippen LogP contribution in [0.1, 0.15) is 22.4 Å². The molecule has 4 aromatic rings. The first-order valence-corrected chi connectivity index (χ1v) is 9.52. The maximum atomic E-state index is 13.8. The van der Waals surface area contributed by atoms with Crippen LogP contribution in [-0.4, -0.2) is 21.5 Å². The van der Waals surface area contributed by atoms with Crippen LogP contribution in [0.5, 0.6) is 0 Å². The number of rotatable bonds is 3. The maximum absolute atomic E-state index is 13.8. The van der Waals surface area contributed by atoms with E-state index in [1.807, 2.05) is 12.3 Å². The molecule has 0 saturated heterocycles. The summed E-state index contributed by atoms with van der Waals surface area (Å²) in [6, 6.07) is 13.3. The van der Waals surface area contributed by atoms with Gasteiger partial charge in [-0.05, 0) is 53.4 Å². The maximum Gasteiger partial charge on any atom is 0.140 e. The fourth-order valence-electron chi connectivity index (χ4n) is 3.90. The summed E-state index contributed by atoms with van der Waals surface area (Å²) in [5.41, 5.74) is 4.86. The number of nitrogens with zero attached hydrogens (tertiary/aromatic N) is 4. The van der Waals surface area contributed by atoms with Gasteiger partial charge in [-0.3, -0.25) is 4.98 Å². The summed E-state index contributed by atoms with van der Waals surface area (Å²) in [7, 11) is 0. The highest BCUT2D eigenvalue weighted by Crippen LogP contribution is 2.28. The zero-order valence-electron chi connectivity index (χ0n) is 15.6. The molecule has 0 atom stereocenters. The molecule has 6 heteroatoms. The average Bonchev–Trinajstić information content (AvgIpc) is 2.73. The van der Waals surface area contributed by atoms with Crippen LogP contribution in [-0.2, 0) is 19.4 Å². The number of halogens is 2. The Labute approximate surface area is 166 Å². The van der Waals surface area contributed by atoms with Gasteiger partial charge >= 0.3 is 0 Å². The highest BCUT2D eigenvalue weighted by atomic mass is 19.1. The molecule has 1 aliphatic rings. The molecular formula is C23H18F2N4. The van der Waals surface area contributed by atoms with Gasteiger partial charge in [-0.25, -0.2) is 18.7 Å². The van der Waals surface area contributed by atoms with Crippen molar-refractivity contribution >= 4 is 16.7 Å². The lowest BCUT2D eigenvalue weighted by molar-refractivity contribution is 0.626. The number of hydrogen-bond donors (Lipinski definition) is 0. The van der Waals surface area contributed by atoms with Crippen molar-refractivity contribution in [3.8, 4) is 0 Å². The molecule has 29 heavy (non-hydrogen) atoms. The van der Waals surface area contributed by atoms with Gasteiger partial charge in [0.25, 0.3) is 0 Å². The number of aromatic nitrogens is 3. The SMILES string of the molecule is Fc1cccc(Cc2cnc3c(c2)CN(c2ncnc4ccc(F)cc24)CC3)c1. The van der Waals surface area contributed by atoms with Gasteiger partial charge in [0.1, 0.15) is 23.8 Å². The van der Waals surface area contributed by atoms with Crippen molar-refractivity contribution in [3.05, 3.63) is 95.1 Å². The summed E-state index contributed by atoms with van der Waals surface area (Å²) in [5, 5.41) is 0.708. The van der Waals surface area contributed by atoms with E-state index in [9.17, 15) is 8.78 Å². The van der Waals surface area contributed by atoms with Crippen molar-refractivity contribution < 1.29 is 8.78 Å². The van der Waals surface area contributed by atoms with Gasteiger partial charge in [0.05, 0.1) is 5.52 Å². The quantitative estimate of drug-likeness (QED) is 0.520. The molecule has 5 rings (SSSR count). The highest BCUT2D eigenvalue weighted by Gasteiger charge is 2.21. The van der Waals surface area contributed by atoms with E-state index in [1.165, 1.54) is 24.5 Å². The predicted molar refractivity (Wildman–Crippen MR) is 108 cm³/mol. The third-order valence-corrected chi connectivity index (χ3v) is 5.27. The minimum Gasteiger partial charge on any atom is -0.351 e. The Kier molecular flexibility index (Phi) is 4.39. The molecule has 0 N–H and O–H groups in total. The first kappa shape index (κ1) is 17.7. The molecular weight excluding hydrogens is 370 g/mol. The molecule has 0 amide bonds. The summed E-state index contributed by atoms with van der Waals surface area (Å²) in [4.78, 5) is 15.4. The second-order valence-electron chi connectivity index (χ2n) is 7.29. The second-order valence-corrected chi connectivity index (χ2v) is 7.29. The molecule has 1 aliphatic heterocycles. The van der Waals surface area contributed by atoms with Crippen molar-refractivity contribution in [3.63, 3.8) is 0 Å². The van der Waals surface area contributed by atoms with Gasteiger partial charge < -0.3 is 4.90 Å². The first-order chi connectivity index (χ1) is 14.2. The van der Waals surface area contributed by atoms with Crippen LogP contribution < -0.4 is 4.90 Å². The zero-order chi connectivity index (χ0) is 19.8. The Bertz CT molecular complexity index is 1210. The monoisotopic (exact) mass is 388 g/mol. The number of hydrogen-bond acceptors (Lipinski definition) is 4. The molecule has 0 fully saturated rings. The first-order valence-electron chi connectivity index (χ1n) is 9.52. The molecule has 0 aliphatic carbocycles. The van der Waals surface area contributed by atoms with E-state index < -0.39 is 0 Å². The Hall–Kier alpha value is -3.41. The van der Waals surface area contributed by atoms with Crippen LogP contribution >= 0.6 is 0 Å². The van der Waals surface area contributed by atoms with E-state index in [0.717, 1.165) is 46.7 Å². The summed E-state index contributed by atoms with van der Waals surface area (Å²) in [6.45, 7) is 1.40. The normalized spacial score (nSPS) is 13.5. The molecule has 2 aromatic carbocycles. The summed E-state index contributed by atoms with van der Waals surface area (Å²) >= 11 is 0. The van der Waals surface area contributed by atoms with E-state index in [0.29, 0.717) is 18.4 Å². The Morgan fingerprint density at radius 3 is 2.69 bits per heavy atom. The minimum atomic E-state index is -0.301. The van der Waals surface area contributed by atoms with Crippen molar-refractivity contribution in [1.29, 1.82) is 0 Å². The molecule has 4 nitrogen and oxygen atoms in total. The summed E-state index contributed by atoms with van der Waals surface area (Å²) < 4.78 is 27.3. The smallest absolute Gasteiger partial charge is 0.140 e. The third kappa shape index (κ3) is 3.53. The number of benzene rings is 2. The fraction of sp³-hybridized carbons (Fsp3) is 0.174. The average molecular weight is 388 g/mol. The number of fused-ring (bicyclic) bond motifs is 2. The highest BCUT2D eigenvalue weighted by molar-refractivity contribution is 5.89. The van der Waals surface area contributed by atoms with E-state index in [4.69, 9.17) is 0 Å². The van der Waals surface area contributed by atoms with Gasteiger partial charge in [-0.15, -0.1) is 0 Å². The largest absolute Gasteiger partial charge is 0.351 e. The van der Waals surface area contributed by atoms with E-state index >= 15 is 0 Å². The van der Waals surface area contributed by atoms with Crippen molar-refractivity contribution in [2.24, 2.45) is 0 Å². The van der Waals surface area contributed by atoms with Crippen LogP contribution in [0.3, 0.4) is 0 Å². The summed E-state index contributed by atoms with van der Waals surface area (Å²) in [6.07, 6.45) is 4.80. The standard InChI is InChI=1S/C23H18F2N4/c24-18-3-1-2-15(10-18)8-16-9-17-13-29(7-6-21(17)26-12-16)23-20-11-19(25)4-5-22(20)27-14-28-23/h1-5,9-12,14H,6-8,13H2. The lowest BCUT2D eigenvalue weighted by atomic mass is 10.00. The predicted octanol–water partition coefficient (Wildman–Crippen LogP) is 4.46. The van der Waals surface area contributed by atoms with E-state index in [2.05, 4.69) is 25.9 Å². The van der Waals surface area contributed by atoms with Gasteiger partial charge in [-0.1, -0.05) is 18.2 Å². The van der Waals surface area contributed by atoms with Crippen LogP contribution in [0.25, 0.3) is 10.9 Å². The van der Waals surface area contributed by atoms with Crippen molar-refractivity contribution in [2.45, 2.75) is 19.4 Å². The topological polar surface area (TPSA) is 41.9 Å². The van der Waals surface area contributed by atoms with Crippen LogP contribution in [0, 0.1) is 11.6 Å². The Morgan fingerprint density at radius 2 is 1.79 bits per heavy atom. The Balaban J connectivity index is 1.45. The molecule has 2 aromatic heterocycles. The van der Waals surface area contributed by atoms with Gasteiger partial charge in [0.15, 0.2) is 0 Å². The molecule has 0 saturated carbocycles. The fourth-order valence-corrected chi connectivity index (χ4v) is 3.90. The molecule has 0 bridgehead atoms. The Morgan fingerprint density at radius 1 is 0.897 bits per heavy atom. The van der Waals surface area contributed by atoms with Crippen LogP contribution in [0.15, 0.2) is 61.1 Å². The lowest BCUT2D eigenvalue weighted by Crippen LogP contribution is -2.32. The van der Waals surface area contributed by atoms with E-state index in [-0.39, 0.29) is 11.6 Å². The van der Waals surface area contributed by atoms with Crippen LogP contribution in [0.2, 0.25) is 0 Å². The van der Waals surface area contributed by atoms with Gasteiger partial charge in [0, 0.05) is 36.8 Å². The molecule has 144 valence electrons. The zero-order valence-corrected chi connectivity index (χ0v) is 15.6. The second kappa shape index (κ2) is 7.20. The van der Waals surface area contributed by atoms with Crippen LogP contribution in [0.4, 0.5) is 14.6 Å². The molecule has 0 spiro atoms. The molecule has 3 heterocycles. The minimum absolute atomic E-state index is 0.234. The number of anilines is 1. The molecule has 0 unspecified atom stereocenters. The van der Waals surface area contributed by atoms with Crippen molar-refractivity contribution in [1.82, 2.24) is 15.0 Å². The van der Waals surface area contributed by atoms with E-state index in [1.54, 1.807) is 18.2 Å². The third-order valence-electron chi connectivity index (χ3n) is 5.27. The number of pyridine rings is 1. The van der Waals surface area contributed by atoms with Crippen molar-refractivity contribution in [2.75, 3.05) is 11.4 Å². The summed E-state index contributed by atoms with van der Waals surface area (Å²) in [5.74, 6) is 0.197. The lowest BCUT2D eigenvalue weighted by Gasteiger charge is -2.30. The van der Waals surface area contributed by atoms with Gasteiger partial charge in [-0.2, -0.15) is 0 Å². The van der Waals surface area contributed by atoms with Gasteiger partial charge in [0.2, 0.25) is 0 Å².